The zero-order valence-electron chi connectivity index (χ0n) is 13.0. The summed E-state index contributed by atoms with van der Waals surface area (Å²) in [5.74, 6) is 1.25. The summed E-state index contributed by atoms with van der Waals surface area (Å²) in [6, 6.07) is 17.6. The third kappa shape index (κ3) is 5.90. The standard InChI is InChI=1S/C18H20ClNO2S/c1-22-17(15-9-5-6-10-16(15)19)11-20-18(21)13-23-12-14-7-3-2-4-8-14/h2-10,17H,11-13H2,1H3,(H,20,21). The number of rotatable bonds is 8. The van der Waals surface area contributed by atoms with E-state index < -0.39 is 0 Å². The van der Waals surface area contributed by atoms with Crippen molar-refractivity contribution in [1.29, 1.82) is 0 Å². The van der Waals surface area contributed by atoms with Crippen molar-refractivity contribution >= 4 is 29.3 Å². The molecule has 122 valence electrons. The fourth-order valence-electron chi connectivity index (χ4n) is 2.15. The Bertz CT molecular complexity index is 621. The van der Waals surface area contributed by atoms with E-state index in [1.165, 1.54) is 5.56 Å². The van der Waals surface area contributed by atoms with Crippen molar-refractivity contribution in [2.75, 3.05) is 19.4 Å². The molecule has 0 fully saturated rings. The fraction of sp³-hybridized carbons (Fsp3) is 0.278. The van der Waals surface area contributed by atoms with Gasteiger partial charge in [0.15, 0.2) is 0 Å². The van der Waals surface area contributed by atoms with Crippen molar-refractivity contribution in [3.05, 3.63) is 70.7 Å². The second-order valence-electron chi connectivity index (χ2n) is 5.03. The first-order valence-electron chi connectivity index (χ1n) is 7.36. The lowest BCUT2D eigenvalue weighted by atomic mass is 10.1. The van der Waals surface area contributed by atoms with Crippen LogP contribution in [-0.4, -0.2) is 25.3 Å². The Morgan fingerprint density at radius 2 is 1.87 bits per heavy atom. The van der Waals surface area contributed by atoms with Crippen LogP contribution in [-0.2, 0) is 15.3 Å². The monoisotopic (exact) mass is 349 g/mol. The number of amides is 1. The van der Waals surface area contributed by atoms with E-state index in [4.69, 9.17) is 16.3 Å². The molecule has 23 heavy (non-hydrogen) atoms. The van der Waals surface area contributed by atoms with E-state index in [-0.39, 0.29) is 12.0 Å². The number of benzene rings is 2. The molecule has 1 N–H and O–H groups in total. The molecule has 0 saturated heterocycles. The molecule has 0 heterocycles. The molecule has 0 aliphatic heterocycles. The number of carbonyl (C=O) groups excluding carboxylic acids is 1. The lowest BCUT2D eigenvalue weighted by molar-refractivity contribution is -0.119. The quantitative estimate of drug-likeness (QED) is 0.780. The molecule has 0 aliphatic carbocycles. The van der Waals surface area contributed by atoms with E-state index in [2.05, 4.69) is 17.4 Å². The van der Waals surface area contributed by atoms with Gasteiger partial charge in [0, 0.05) is 30.0 Å². The Hall–Kier alpha value is -1.49. The molecule has 1 atom stereocenters. The second kappa shape index (κ2) is 9.60. The molecule has 0 spiro atoms. The number of methoxy groups -OCH3 is 1. The molecule has 2 rings (SSSR count). The molecule has 0 saturated carbocycles. The minimum atomic E-state index is -0.244. The van der Waals surface area contributed by atoms with E-state index in [1.54, 1.807) is 18.9 Å². The third-order valence-corrected chi connectivity index (χ3v) is 4.71. The first-order chi connectivity index (χ1) is 11.2. The highest BCUT2D eigenvalue weighted by molar-refractivity contribution is 7.99. The molecular formula is C18H20ClNO2S. The first-order valence-corrected chi connectivity index (χ1v) is 8.89. The van der Waals surface area contributed by atoms with Crippen LogP contribution in [0.3, 0.4) is 0 Å². The van der Waals surface area contributed by atoms with Gasteiger partial charge in [-0.1, -0.05) is 60.1 Å². The van der Waals surface area contributed by atoms with Crippen LogP contribution >= 0.6 is 23.4 Å². The maximum atomic E-state index is 11.9. The average Bonchev–Trinajstić information content (AvgIpc) is 2.58. The van der Waals surface area contributed by atoms with Crippen LogP contribution in [0.15, 0.2) is 54.6 Å². The first kappa shape index (κ1) is 17.9. The molecule has 3 nitrogen and oxygen atoms in total. The summed E-state index contributed by atoms with van der Waals surface area (Å²) in [6.07, 6.45) is -0.244. The molecule has 1 unspecified atom stereocenters. The fourth-order valence-corrected chi connectivity index (χ4v) is 3.22. The normalized spacial score (nSPS) is 11.9. The Morgan fingerprint density at radius 1 is 1.17 bits per heavy atom. The summed E-state index contributed by atoms with van der Waals surface area (Å²) in [5, 5.41) is 3.55. The zero-order chi connectivity index (χ0) is 16.5. The summed E-state index contributed by atoms with van der Waals surface area (Å²) in [5.41, 5.74) is 2.10. The van der Waals surface area contributed by atoms with Gasteiger partial charge in [-0.05, 0) is 11.6 Å². The maximum Gasteiger partial charge on any atom is 0.230 e. The molecule has 5 heteroatoms. The molecule has 2 aromatic rings. The Labute approximate surface area is 146 Å². The van der Waals surface area contributed by atoms with Crippen LogP contribution < -0.4 is 5.32 Å². The van der Waals surface area contributed by atoms with Gasteiger partial charge in [0.05, 0.1) is 5.75 Å². The summed E-state index contributed by atoms with van der Waals surface area (Å²) >= 11 is 7.76. The van der Waals surface area contributed by atoms with Gasteiger partial charge >= 0.3 is 0 Å². The number of carbonyl (C=O) groups is 1. The van der Waals surface area contributed by atoms with Crippen molar-refractivity contribution in [3.63, 3.8) is 0 Å². The number of thioether (sulfide) groups is 1. The van der Waals surface area contributed by atoms with E-state index in [0.717, 1.165) is 11.3 Å². The van der Waals surface area contributed by atoms with Gasteiger partial charge in [0.25, 0.3) is 0 Å². The number of hydrogen-bond donors (Lipinski definition) is 1. The topological polar surface area (TPSA) is 38.3 Å². The van der Waals surface area contributed by atoms with Crippen molar-refractivity contribution in [2.45, 2.75) is 11.9 Å². The van der Waals surface area contributed by atoms with Gasteiger partial charge in [0.2, 0.25) is 5.91 Å². The average molecular weight is 350 g/mol. The van der Waals surface area contributed by atoms with Gasteiger partial charge in [-0.3, -0.25) is 4.79 Å². The lowest BCUT2D eigenvalue weighted by Crippen LogP contribution is -2.30. The Morgan fingerprint density at radius 3 is 2.57 bits per heavy atom. The van der Waals surface area contributed by atoms with Crippen LogP contribution in [0.25, 0.3) is 0 Å². The predicted molar refractivity (Wildman–Crippen MR) is 96.8 cm³/mol. The van der Waals surface area contributed by atoms with Gasteiger partial charge in [0.1, 0.15) is 6.10 Å². The van der Waals surface area contributed by atoms with Crippen LogP contribution in [0.2, 0.25) is 5.02 Å². The van der Waals surface area contributed by atoms with E-state index >= 15 is 0 Å². The van der Waals surface area contributed by atoms with E-state index in [0.29, 0.717) is 17.3 Å². The largest absolute Gasteiger partial charge is 0.375 e. The SMILES string of the molecule is COC(CNC(=O)CSCc1ccccc1)c1ccccc1Cl. The molecule has 1 amide bonds. The molecule has 2 aromatic carbocycles. The predicted octanol–water partition coefficient (Wildman–Crippen LogP) is 4.08. The van der Waals surface area contributed by atoms with E-state index in [9.17, 15) is 4.79 Å². The van der Waals surface area contributed by atoms with Gasteiger partial charge < -0.3 is 10.1 Å². The number of ether oxygens (including phenoxy) is 1. The lowest BCUT2D eigenvalue weighted by Gasteiger charge is -2.17. The van der Waals surface area contributed by atoms with Gasteiger partial charge in [-0.25, -0.2) is 0 Å². The Balaban J connectivity index is 1.75. The Kier molecular flexibility index (Phi) is 7.46. The van der Waals surface area contributed by atoms with Crippen molar-refractivity contribution in [3.8, 4) is 0 Å². The van der Waals surface area contributed by atoms with Crippen molar-refractivity contribution in [1.82, 2.24) is 5.32 Å². The molecule has 0 aromatic heterocycles. The van der Waals surface area contributed by atoms with E-state index in [1.807, 2.05) is 42.5 Å². The highest BCUT2D eigenvalue weighted by Gasteiger charge is 2.14. The molecule has 0 aliphatic rings. The summed E-state index contributed by atoms with van der Waals surface area (Å²) in [4.78, 5) is 11.9. The molecular weight excluding hydrogens is 330 g/mol. The summed E-state index contributed by atoms with van der Waals surface area (Å²) in [7, 11) is 1.62. The number of hydrogen-bond acceptors (Lipinski definition) is 3. The van der Waals surface area contributed by atoms with Crippen LogP contribution in [0.1, 0.15) is 17.2 Å². The highest BCUT2D eigenvalue weighted by Crippen LogP contribution is 2.24. The highest BCUT2D eigenvalue weighted by atomic mass is 35.5. The van der Waals surface area contributed by atoms with Crippen LogP contribution in [0.5, 0.6) is 0 Å². The number of halogens is 1. The van der Waals surface area contributed by atoms with Crippen molar-refractivity contribution in [2.24, 2.45) is 0 Å². The van der Waals surface area contributed by atoms with Crippen molar-refractivity contribution < 1.29 is 9.53 Å². The smallest absolute Gasteiger partial charge is 0.230 e. The number of nitrogens with one attached hydrogen (secondary N) is 1. The molecule has 0 bridgehead atoms. The second-order valence-corrected chi connectivity index (χ2v) is 6.42. The minimum Gasteiger partial charge on any atom is -0.375 e. The van der Waals surface area contributed by atoms with Crippen LogP contribution in [0, 0.1) is 0 Å². The summed E-state index contributed by atoms with van der Waals surface area (Å²) < 4.78 is 5.44. The van der Waals surface area contributed by atoms with Gasteiger partial charge in [-0.2, -0.15) is 0 Å². The van der Waals surface area contributed by atoms with Gasteiger partial charge in [-0.15, -0.1) is 11.8 Å². The van der Waals surface area contributed by atoms with Crippen LogP contribution in [0.4, 0.5) is 0 Å². The molecule has 0 radical (unpaired) electrons. The zero-order valence-corrected chi connectivity index (χ0v) is 14.6. The minimum absolute atomic E-state index is 0.0000321. The third-order valence-electron chi connectivity index (χ3n) is 3.37. The maximum absolute atomic E-state index is 11.9. The summed E-state index contributed by atoms with van der Waals surface area (Å²) in [6.45, 7) is 0.408.